The molecule has 0 saturated heterocycles. The topological polar surface area (TPSA) is 61.0 Å². The van der Waals surface area contributed by atoms with Crippen LogP contribution in [0, 0.1) is 6.92 Å². The molecule has 2 N–H and O–H groups in total. The van der Waals surface area contributed by atoms with Gasteiger partial charge in [-0.2, -0.15) is 0 Å². The summed E-state index contributed by atoms with van der Waals surface area (Å²) in [5.74, 6) is 1.88. The number of nitrogen functional groups attached to an aromatic ring is 1. The van der Waals surface area contributed by atoms with E-state index in [4.69, 9.17) is 27.1 Å². The van der Waals surface area contributed by atoms with Gasteiger partial charge in [0.15, 0.2) is 0 Å². The summed E-state index contributed by atoms with van der Waals surface area (Å²) in [5, 5.41) is 0.625. The molecule has 2 aromatic rings. The van der Waals surface area contributed by atoms with E-state index < -0.39 is 0 Å². The lowest BCUT2D eigenvalue weighted by atomic mass is 9.94. The molecule has 4 nitrogen and oxygen atoms in total. The van der Waals surface area contributed by atoms with Crippen molar-refractivity contribution in [3.05, 3.63) is 34.6 Å². The van der Waals surface area contributed by atoms with E-state index in [2.05, 4.69) is 25.8 Å². The van der Waals surface area contributed by atoms with E-state index in [0.717, 1.165) is 16.8 Å². The van der Waals surface area contributed by atoms with Gasteiger partial charge in [-0.05, 0) is 25.1 Å². The third-order valence-electron chi connectivity index (χ3n) is 3.27. The van der Waals surface area contributed by atoms with Crippen LogP contribution in [0.25, 0.3) is 11.3 Å². The molecular weight excluding hydrogens is 286 g/mol. The van der Waals surface area contributed by atoms with Crippen LogP contribution in [0.3, 0.4) is 0 Å². The maximum atomic E-state index is 6.12. The van der Waals surface area contributed by atoms with Crippen LogP contribution in [-0.4, -0.2) is 17.1 Å². The first-order valence-electron chi connectivity index (χ1n) is 6.72. The lowest BCUT2D eigenvalue weighted by Crippen LogP contribution is -2.18. The van der Waals surface area contributed by atoms with Gasteiger partial charge in [-0.1, -0.05) is 32.4 Å². The van der Waals surface area contributed by atoms with E-state index in [1.165, 1.54) is 0 Å². The van der Waals surface area contributed by atoms with Crippen molar-refractivity contribution in [1.82, 2.24) is 9.97 Å². The Morgan fingerprint density at radius 2 is 1.86 bits per heavy atom. The number of hydrogen-bond donors (Lipinski definition) is 1. The highest BCUT2D eigenvalue weighted by Crippen LogP contribution is 2.35. The number of nitrogens with two attached hydrogens (primary N) is 1. The van der Waals surface area contributed by atoms with Crippen LogP contribution in [-0.2, 0) is 5.41 Å². The predicted molar refractivity (Wildman–Crippen MR) is 86.9 cm³/mol. The van der Waals surface area contributed by atoms with Gasteiger partial charge < -0.3 is 10.5 Å². The Balaban J connectivity index is 2.74. The van der Waals surface area contributed by atoms with Crippen molar-refractivity contribution in [3.8, 4) is 17.0 Å². The van der Waals surface area contributed by atoms with E-state index in [0.29, 0.717) is 22.4 Å². The molecule has 21 heavy (non-hydrogen) atoms. The molecule has 0 amide bonds. The molecule has 1 aromatic heterocycles. The summed E-state index contributed by atoms with van der Waals surface area (Å²) in [5.41, 5.74) is 8.27. The highest BCUT2D eigenvalue weighted by Gasteiger charge is 2.22. The lowest BCUT2D eigenvalue weighted by Gasteiger charge is -2.20. The van der Waals surface area contributed by atoms with Crippen LogP contribution < -0.4 is 10.5 Å². The number of ether oxygens (including phenoxy) is 1. The number of benzene rings is 1. The summed E-state index contributed by atoms with van der Waals surface area (Å²) in [6.45, 7) is 8.06. The Hall–Kier alpha value is -1.81. The molecule has 0 spiro atoms. The molecule has 112 valence electrons. The highest BCUT2D eigenvalue weighted by molar-refractivity contribution is 6.31. The monoisotopic (exact) mass is 305 g/mol. The number of nitrogens with zero attached hydrogens (tertiary/aromatic N) is 2. The first kappa shape index (κ1) is 15.6. The normalized spacial score (nSPS) is 11.5. The second kappa shape index (κ2) is 5.53. The van der Waals surface area contributed by atoms with Gasteiger partial charge in [0.2, 0.25) is 0 Å². The van der Waals surface area contributed by atoms with Gasteiger partial charge in [-0.15, -0.1) is 0 Å². The average Bonchev–Trinajstić information content (AvgIpc) is 2.40. The van der Waals surface area contributed by atoms with Gasteiger partial charge in [0.05, 0.1) is 12.8 Å². The fraction of sp³-hybridized carbons (Fsp3) is 0.375. The Bertz CT molecular complexity index is 678. The van der Waals surface area contributed by atoms with Crippen molar-refractivity contribution >= 4 is 17.4 Å². The minimum Gasteiger partial charge on any atom is -0.496 e. The number of anilines is 1. The van der Waals surface area contributed by atoms with Crippen molar-refractivity contribution < 1.29 is 4.74 Å². The number of aromatic nitrogens is 2. The summed E-state index contributed by atoms with van der Waals surface area (Å²) >= 11 is 6.12. The molecule has 1 heterocycles. The molecular formula is C16H20ClN3O. The van der Waals surface area contributed by atoms with Gasteiger partial charge in [-0.3, -0.25) is 0 Å². The first-order valence-corrected chi connectivity index (χ1v) is 7.10. The average molecular weight is 306 g/mol. The van der Waals surface area contributed by atoms with Crippen molar-refractivity contribution in [2.45, 2.75) is 33.1 Å². The summed E-state index contributed by atoms with van der Waals surface area (Å²) in [6, 6.07) is 5.45. The quantitative estimate of drug-likeness (QED) is 0.911. The zero-order valence-corrected chi connectivity index (χ0v) is 13.7. The van der Waals surface area contributed by atoms with Crippen LogP contribution >= 0.6 is 11.6 Å². The minimum absolute atomic E-state index is 0.192. The Labute approximate surface area is 130 Å². The van der Waals surface area contributed by atoms with Crippen molar-refractivity contribution in [3.63, 3.8) is 0 Å². The summed E-state index contributed by atoms with van der Waals surface area (Å²) < 4.78 is 5.42. The number of methoxy groups -OCH3 is 1. The SMILES string of the molecule is COc1ccc(Cl)cc1-c1nc(C(C)(C)C)nc(N)c1C. The van der Waals surface area contributed by atoms with Crippen molar-refractivity contribution in [1.29, 1.82) is 0 Å². The van der Waals surface area contributed by atoms with Crippen LogP contribution in [0.1, 0.15) is 32.2 Å². The largest absolute Gasteiger partial charge is 0.496 e. The van der Waals surface area contributed by atoms with Crippen molar-refractivity contribution in [2.75, 3.05) is 12.8 Å². The van der Waals surface area contributed by atoms with E-state index in [-0.39, 0.29) is 5.41 Å². The molecule has 0 aliphatic rings. The number of rotatable bonds is 2. The second-order valence-corrected chi connectivity index (χ2v) is 6.44. The summed E-state index contributed by atoms with van der Waals surface area (Å²) in [7, 11) is 1.62. The first-order chi connectivity index (χ1) is 9.74. The molecule has 0 saturated carbocycles. The van der Waals surface area contributed by atoms with Crippen LogP contribution in [0.5, 0.6) is 5.75 Å². The Morgan fingerprint density at radius 3 is 2.43 bits per heavy atom. The molecule has 0 bridgehead atoms. The van der Waals surface area contributed by atoms with Gasteiger partial charge in [-0.25, -0.2) is 9.97 Å². The summed E-state index contributed by atoms with van der Waals surface area (Å²) in [6.07, 6.45) is 0. The zero-order valence-electron chi connectivity index (χ0n) is 13.0. The van der Waals surface area contributed by atoms with Crippen LogP contribution in [0.2, 0.25) is 5.02 Å². The zero-order chi connectivity index (χ0) is 15.8. The molecule has 0 fully saturated rings. The Morgan fingerprint density at radius 1 is 1.19 bits per heavy atom. The smallest absolute Gasteiger partial charge is 0.136 e. The second-order valence-electron chi connectivity index (χ2n) is 6.00. The molecule has 0 radical (unpaired) electrons. The van der Waals surface area contributed by atoms with Crippen LogP contribution in [0.15, 0.2) is 18.2 Å². The lowest BCUT2D eigenvalue weighted by molar-refractivity contribution is 0.416. The fourth-order valence-corrected chi connectivity index (χ4v) is 2.17. The van der Waals surface area contributed by atoms with E-state index in [9.17, 15) is 0 Å². The molecule has 1 aromatic carbocycles. The van der Waals surface area contributed by atoms with Crippen molar-refractivity contribution in [2.24, 2.45) is 0 Å². The number of halogens is 1. The van der Waals surface area contributed by atoms with E-state index >= 15 is 0 Å². The molecule has 2 rings (SSSR count). The fourth-order valence-electron chi connectivity index (χ4n) is 2.00. The van der Waals surface area contributed by atoms with E-state index in [1.807, 2.05) is 19.1 Å². The molecule has 0 unspecified atom stereocenters. The number of hydrogen-bond acceptors (Lipinski definition) is 4. The van der Waals surface area contributed by atoms with Gasteiger partial charge in [0.1, 0.15) is 17.4 Å². The van der Waals surface area contributed by atoms with Gasteiger partial charge in [0, 0.05) is 21.6 Å². The van der Waals surface area contributed by atoms with Gasteiger partial charge in [0.25, 0.3) is 0 Å². The Kier molecular flexibility index (Phi) is 4.10. The predicted octanol–water partition coefficient (Wildman–Crippen LogP) is 3.99. The van der Waals surface area contributed by atoms with Crippen LogP contribution in [0.4, 0.5) is 5.82 Å². The highest BCUT2D eigenvalue weighted by atomic mass is 35.5. The van der Waals surface area contributed by atoms with E-state index in [1.54, 1.807) is 13.2 Å². The third-order valence-corrected chi connectivity index (χ3v) is 3.51. The third kappa shape index (κ3) is 3.10. The minimum atomic E-state index is -0.192. The maximum absolute atomic E-state index is 6.12. The standard InChI is InChI=1S/C16H20ClN3O/c1-9-13(11-8-10(17)6-7-12(11)21-5)19-15(16(2,3)4)20-14(9)18/h6-8H,1-5H3,(H2,18,19,20). The molecule has 0 aliphatic carbocycles. The molecule has 0 aliphatic heterocycles. The van der Waals surface area contributed by atoms with Gasteiger partial charge >= 0.3 is 0 Å². The maximum Gasteiger partial charge on any atom is 0.136 e. The molecule has 5 heteroatoms. The summed E-state index contributed by atoms with van der Waals surface area (Å²) in [4.78, 5) is 9.10. The molecule has 0 atom stereocenters.